The molecule has 5 rings (SSSR count). The number of nitrogens with zero attached hydrogens (tertiary/aromatic N) is 2. The molecule has 200 valence electrons. The second-order valence-corrected chi connectivity index (χ2v) is 11.3. The van der Waals surface area contributed by atoms with Gasteiger partial charge in [-0.15, -0.1) is 0 Å². The van der Waals surface area contributed by atoms with E-state index in [-0.39, 0.29) is 43.1 Å². The number of hydrogen-bond acceptors (Lipinski definition) is 3. The third-order valence-electron chi connectivity index (χ3n) is 7.58. The summed E-state index contributed by atoms with van der Waals surface area (Å²) in [5, 5.41) is 1.03. The van der Waals surface area contributed by atoms with Crippen LogP contribution in [0.2, 0.25) is 0 Å². The molecule has 1 saturated heterocycles. The molecule has 0 bridgehead atoms. The van der Waals surface area contributed by atoms with Crippen LogP contribution in [0.4, 0.5) is 17.6 Å². The van der Waals surface area contributed by atoms with Crippen LogP contribution in [0.15, 0.2) is 30.3 Å². The smallest absolute Gasteiger partial charge is 0.135 e. The molecule has 3 aromatic rings. The van der Waals surface area contributed by atoms with Gasteiger partial charge in [0.25, 0.3) is 0 Å². The minimum Gasteiger partial charge on any atom is -0.492 e. The number of halogens is 4. The Labute approximate surface area is 215 Å². The van der Waals surface area contributed by atoms with Crippen LogP contribution in [-0.4, -0.2) is 66.0 Å². The molecular formula is C29H35F4N3O. The van der Waals surface area contributed by atoms with Gasteiger partial charge in [0.05, 0.1) is 12.7 Å². The Morgan fingerprint density at radius 3 is 2.46 bits per heavy atom. The summed E-state index contributed by atoms with van der Waals surface area (Å²) in [6, 6.07) is 7.57. The maximum atomic E-state index is 15.7. The Morgan fingerprint density at radius 2 is 1.81 bits per heavy atom. The number of alkyl halides is 2. The van der Waals surface area contributed by atoms with Crippen molar-refractivity contribution in [2.24, 2.45) is 5.92 Å². The predicted octanol–water partition coefficient (Wildman–Crippen LogP) is 6.12. The zero-order chi connectivity index (χ0) is 26.5. The first-order valence-electron chi connectivity index (χ1n) is 13.0. The third-order valence-corrected chi connectivity index (χ3v) is 7.58. The average Bonchev–Trinajstić information content (AvgIpc) is 3.12. The molecule has 1 N–H and O–H groups in total. The number of benzene rings is 2. The lowest BCUT2D eigenvalue weighted by Crippen LogP contribution is -2.49. The maximum Gasteiger partial charge on any atom is 0.135 e. The summed E-state index contributed by atoms with van der Waals surface area (Å²) in [5.41, 5.74) is 2.04. The van der Waals surface area contributed by atoms with E-state index in [4.69, 9.17) is 4.74 Å². The number of ether oxygens (including phenoxy) is 1. The van der Waals surface area contributed by atoms with Crippen molar-refractivity contribution in [3.05, 3.63) is 64.4 Å². The van der Waals surface area contributed by atoms with E-state index >= 15 is 8.78 Å². The molecular weight excluding hydrogens is 482 g/mol. The van der Waals surface area contributed by atoms with E-state index in [9.17, 15) is 8.78 Å². The first-order chi connectivity index (χ1) is 17.5. The van der Waals surface area contributed by atoms with E-state index in [0.717, 1.165) is 22.0 Å². The number of aromatic nitrogens is 1. The lowest BCUT2D eigenvalue weighted by Gasteiger charge is -2.43. The molecule has 2 unspecified atom stereocenters. The van der Waals surface area contributed by atoms with Crippen LogP contribution < -0.4 is 4.74 Å². The molecule has 2 aliphatic rings. The average molecular weight is 518 g/mol. The first-order valence-corrected chi connectivity index (χ1v) is 13.0. The monoisotopic (exact) mass is 517 g/mol. The van der Waals surface area contributed by atoms with Crippen molar-refractivity contribution in [1.82, 2.24) is 14.8 Å². The van der Waals surface area contributed by atoms with Crippen LogP contribution in [0.1, 0.15) is 49.2 Å². The van der Waals surface area contributed by atoms with Gasteiger partial charge in [-0.3, -0.25) is 14.2 Å². The number of fused-ring (bicyclic) bond motifs is 3. The van der Waals surface area contributed by atoms with Crippen molar-refractivity contribution in [2.75, 3.05) is 39.5 Å². The molecule has 2 atom stereocenters. The second-order valence-electron chi connectivity index (χ2n) is 11.3. The summed E-state index contributed by atoms with van der Waals surface area (Å²) in [5.74, 6) is -1.27. The van der Waals surface area contributed by atoms with E-state index in [1.165, 1.54) is 26.0 Å². The topological polar surface area (TPSA) is 31.5 Å². The van der Waals surface area contributed by atoms with Crippen molar-refractivity contribution in [3.63, 3.8) is 0 Å². The number of aromatic amines is 1. The van der Waals surface area contributed by atoms with Crippen molar-refractivity contribution < 1.29 is 22.3 Å². The van der Waals surface area contributed by atoms with Gasteiger partial charge in [0.15, 0.2) is 0 Å². The lowest BCUT2D eigenvalue weighted by molar-refractivity contribution is 0.0637. The highest BCUT2D eigenvalue weighted by Crippen LogP contribution is 2.44. The van der Waals surface area contributed by atoms with Gasteiger partial charge < -0.3 is 9.72 Å². The Balaban J connectivity index is 1.48. The minimum atomic E-state index is -1.55. The van der Waals surface area contributed by atoms with Gasteiger partial charge in [-0.05, 0) is 51.3 Å². The molecule has 0 spiro atoms. The highest BCUT2D eigenvalue weighted by molar-refractivity contribution is 5.86. The van der Waals surface area contributed by atoms with Crippen molar-refractivity contribution in [1.29, 1.82) is 0 Å². The Kier molecular flexibility index (Phi) is 7.00. The zero-order valence-corrected chi connectivity index (χ0v) is 21.9. The Bertz CT molecular complexity index is 1260. The molecule has 3 heterocycles. The molecule has 0 radical (unpaired) electrons. The van der Waals surface area contributed by atoms with Gasteiger partial charge in [-0.25, -0.2) is 13.2 Å². The molecule has 0 amide bonds. The molecule has 1 aromatic heterocycles. The number of aryl methyl sites for hydroxylation is 1. The number of likely N-dealkylation sites (tertiary alicyclic amines) is 1. The Hall–Kier alpha value is -2.58. The molecule has 37 heavy (non-hydrogen) atoms. The summed E-state index contributed by atoms with van der Waals surface area (Å²) in [4.78, 5) is 7.32. The van der Waals surface area contributed by atoms with Gasteiger partial charge >= 0.3 is 0 Å². The molecule has 0 saturated carbocycles. The molecule has 1 fully saturated rings. The van der Waals surface area contributed by atoms with Gasteiger partial charge in [-0.1, -0.05) is 12.1 Å². The highest BCUT2D eigenvalue weighted by Gasteiger charge is 2.41. The van der Waals surface area contributed by atoms with Gasteiger partial charge in [0, 0.05) is 72.4 Å². The van der Waals surface area contributed by atoms with E-state index in [1.807, 2.05) is 41.8 Å². The van der Waals surface area contributed by atoms with E-state index in [1.54, 1.807) is 0 Å². The molecule has 2 aliphatic heterocycles. The fraction of sp³-hybridized carbons (Fsp3) is 0.517. The van der Waals surface area contributed by atoms with Gasteiger partial charge in [-0.2, -0.15) is 0 Å². The third kappa shape index (κ3) is 5.23. The van der Waals surface area contributed by atoms with Crippen molar-refractivity contribution in [2.45, 2.75) is 51.9 Å². The Morgan fingerprint density at radius 1 is 1.11 bits per heavy atom. The number of rotatable bonds is 8. The largest absolute Gasteiger partial charge is 0.492 e. The summed E-state index contributed by atoms with van der Waals surface area (Å²) in [6.07, 6.45) is 0.648. The van der Waals surface area contributed by atoms with Crippen LogP contribution in [0, 0.1) is 24.5 Å². The second kappa shape index (κ2) is 9.95. The minimum absolute atomic E-state index is 0.0273. The van der Waals surface area contributed by atoms with Gasteiger partial charge in [0.2, 0.25) is 0 Å². The number of H-pyrrole nitrogens is 1. The molecule has 4 nitrogen and oxygen atoms in total. The van der Waals surface area contributed by atoms with Crippen LogP contribution in [0.3, 0.4) is 0 Å². The summed E-state index contributed by atoms with van der Waals surface area (Å²) >= 11 is 0. The molecule has 0 aliphatic carbocycles. The quantitative estimate of drug-likeness (QED) is 0.366. The van der Waals surface area contributed by atoms with E-state index < -0.39 is 23.3 Å². The fourth-order valence-electron chi connectivity index (χ4n) is 5.82. The number of nitrogens with one attached hydrogen (secondary N) is 1. The summed E-state index contributed by atoms with van der Waals surface area (Å²) in [6.45, 7) is 8.81. The van der Waals surface area contributed by atoms with Crippen LogP contribution >= 0.6 is 0 Å². The van der Waals surface area contributed by atoms with Crippen LogP contribution in [0.5, 0.6) is 5.75 Å². The van der Waals surface area contributed by atoms with Crippen molar-refractivity contribution in [3.8, 4) is 5.75 Å². The number of hydrogen-bond donors (Lipinski definition) is 1. The SMILES string of the molecule is Cc1ccc2c3c([nH]c2c1)C(c1c(F)cc(OCCN2CC(CF)C2)cc1F)N(CC(C)(C)F)C(C)C3. The zero-order valence-electron chi connectivity index (χ0n) is 21.9. The fourth-order valence-corrected chi connectivity index (χ4v) is 5.82. The maximum absolute atomic E-state index is 15.7. The van der Waals surface area contributed by atoms with Crippen LogP contribution in [-0.2, 0) is 6.42 Å². The molecule has 2 aromatic carbocycles. The van der Waals surface area contributed by atoms with Crippen molar-refractivity contribution >= 4 is 10.9 Å². The van der Waals surface area contributed by atoms with E-state index in [0.29, 0.717) is 31.7 Å². The van der Waals surface area contributed by atoms with Crippen LogP contribution in [0.25, 0.3) is 10.9 Å². The summed E-state index contributed by atoms with van der Waals surface area (Å²) < 4.78 is 64.6. The summed E-state index contributed by atoms with van der Waals surface area (Å²) in [7, 11) is 0. The molecule has 8 heteroatoms. The normalized spacial score (nSPS) is 21.3. The lowest BCUT2D eigenvalue weighted by atomic mass is 9.87. The highest BCUT2D eigenvalue weighted by atomic mass is 19.1. The van der Waals surface area contributed by atoms with E-state index in [2.05, 4.69) is 4.98 Å². The van der Waals surface area contributed by atoms with Gasteiger partial charge in [0.1, 0.15) is 29.7 Å². The standard InChI is InChI=1S/C29H35F4N3O/c1-17-5-6-21-22-10-18(2)36(16-29(3,4)33)28(27(22)34-25(21)9-17)26-23(31)11-20(12-24(26)32)37-8-7-35-14-19(13-30)15-35/h5-6,9,11-12,18-19,28,34H,7-8,10,13-16H2,1-4H3. The first kappa shape index (κ1) is 26.0. The predicted molar refractivity (Wildman–Crippen MR) is 138 cm³/mol.